The summed E-state index contributed by atoms with van der Waals surface area (Å²) in [6.07, 6.45) is 0.379. The summed E-state index contributed by atoms with van der Waals surface area (Å²) < 4.78 is 5.68. The molecule has 20 heavy (non-hydrogen) atoms. The second kappa shape index (κ2) is 5.29. The van der Waals surface area contributed by atoms with E-state index in [0.29, 0.717) is 6.61 Å². The molecule has 3 rings (SSSR count). The summed E-state index contributed by atoms with van der Waals surface area (Å²) in [5.41, 5.74) is 4.51. The highest BCUT2D eigenvalue weighted by molar-refractivity contribution is 5.40. The lowest BCUT2D eigenvalue weighted by Crippen LogP contribution is -2.20. The van der Waals surface area contributed by atoms with Crippen LogP contribution in [0.5, 0.6) is 5.75 Å². The lowest BCUT2D eigenvalue weighted by molar-refractivity contribution is 0.117. The van der Waals surface area contributed by atoms with E-state index in [1.54, 1.807) is 0 Å². The predicted octanol–water partition coefficient (Wildman–Crippen LogP) is 3.90. The van der Waals surface area contributed by atoms with E-state index in [9.17, 15) is 5.11 Å². The average Bonchev–Trinajstić information content (AvgIpc) is 2.45. The molecule has 2 unspecified atom stereocenters. The number of aryl methyl sites for hydroxylation is 2. The van der Waals surface area contributed by atoms with E-state index in [2.05, 4.69) is 38.1 Å². The Morgan fingerprint density at radius 3 is 2.55 bits per heavy atom. The lowest BCUT2D eigenvalue weighted by atomic mass is 9.84. The third-order valence-corrected chi connectivity index (χ3v) is 3.97. The summed E-state index contributed by atoms with van der Waals surface area (Å²) in [5.74, 6) is 1.02. The quantitative estimate of drug-likeness (QED) is 0.895. The maximum Gasteiger partial charge on any atom is 0.122 e. The van der Waals surface area contributed by atoms with Crippen LogP contribution in [0.4, 0.5) is 0 Å². The molecule has 2 heteroatoms. The van der Waals surface area contributed by atoms with Gasteiger partial charge in [-0.3, -0.25) is 0 Å². The molecule has 0 aliphatic carbocycles. The van der Waals surface area contributed by atoms with Crippen LogP contribution < -0.4 is 4.74 Å². The molecule has 0 fully saturated rings. The van der Waals surface area contributed by atoms with Gasteiger partial charge in [-0.25, -0.2) is 0 Å². The van der Waals surface area contributed by atoms with Gasteiger partial charge < -0.3 is 9.84 Å². The summed E-state index contributed by atoms with van der Waals surface area (Å²) in [7, 11) is 0. The van der Waals surface area contributed by atoms with Crippen molar-refractivity contribution in [3.63, 3.8) is 0 Å². The maximum atomic E-state index is 10.8. The van der Waals surface area contributed by atoms with Crippen molar-refractivity contribution in [3.05, 3.63) is 64.7 Å². The summed E-state index contributed by atoms with van der Waals surface area (Å²) >= 11 is 0. The molecule has 0 spiro atoms. The molecular weight excluding hydrogens is 248 g/mol. The second-order valence-corrected chi connectivity index (χ2v) is 5.65. The van der Waals surface area contributed by atoms with Crippen LogP contribution in [-0.4, -0.2) is 11.7 Å². The Hall–Kier alpha value is -1.80. The van der Waals surface area contributed by atoms with Crippen LogP contribution in [0.3, 0.4) is 0 Å². The highest BCUT2D eigenvalue weighted by atomic mass is 16.5. The molecule has 2 nitrogen and oxygen atoms in total. The maximum absolute atomic E-state index is 10.8. The zero-order chi connectivity index (χ0) is 14.1. The molecule has 0 bridgehead atoms. The minimum Gasteiger partial charge on any atom is -0.493 e. The normalized spacial score (nSPS) is 19.1. The lowest BCUT2D eigenvalue weighted by Gasteiger charge is -2.30. The van der Waals surface area contributed by atoms with Gasteiger partial charge in [0.05, 0.1) is 12.7 Å². The molecule has 2 aromatic carbocycles. The van der Waals surface area contributed by atoms with Crippen LogP contribution >= 0.6 is 0 Å². The molecule has 1 N–H and O–H groups in total. The number of aliphatic hydroxyl groups is 1. The zero-order valence-electron chi connectivity index (χ0n) is 12.0. The van der Waals surface area contributed by atoms with Crippen LogP contribution in [0.2, 0.25) is 0 Å². The molecular formula is C18H20O2. The molecule has 1 heterocycles. The minimum atomic E-state index is -0.473. The number of benzene rings is 2. The number of fused-ring (bicyclic) bond motifs is 1. The monoisotopic (exact) mass is 268 g/mol. The van der Waals surface area contributed by atoms with E-state index in [-0.39, 0.29) is 5.92 Å². The number of hydrogen-bond donors (Lipinski definition) is 1. The fourth-order valence-corrected chi connectivity index (χ4v) is 3.11. The van der Waals surface area contributed by atoms with Gasteiger partial charge in [-0.2, -0.15) is 0 Å². The average molecular weight is 268 g/mol. The van der Waals surface area contributed by atoms with E-state index in [0.717, 1.165) is 23.3 Å². The van der Waals surface area contributed by atoms with E-state index >= 15 is 0 Å². The van der Waals surface area contributed by atoms with Gasteiger partial charge in [0.15, 0.2) is 0 Å². The molecule has 104 valence electrons. The number of rotatable bonds is 2. The first kappa shape index (κ1) is 13.2. The Labute approximate surface area is 120 Å². The Balaban J connectivity index is 1.97. The first-order valence-electron chi connectivity index (χ1n) is 7.13. The van der Waals surface area contributed by atoms with Crippen LogP contribution in [0.15, 0.2) is 42.5 Å². The van der Waals surface area contributed by atoms with Gasteiger partial charge in [0.2, 0.25) is 0 Å². The third-order valence-electron chi connectivity index (χ3n) is 3.97. The van der Waals surface area contributed by atoms with Gasteiger partial charge in [-0.15, -0.1) is 0 Å². The van der Waals surface area contributed by atoms with Crippen LogP contribution in [-0.2, 0) is 0 Å². The molecule has 1 aliphatic heterocycles. The molecule has 0 saturated heterocycles. The number of para-hydroxylation sites is 1. The van der Waals surface area contributed by atoms with E-state index in [1.807, 2.05) is 18.2 Å². The van der Waals surface area contributed by atoms with Crippen molar-refractivity contribution in [3.8, 4) is 5.75 Å². The summed E-state index contributed by atoms with van der Waals surface area (Å²) in [6, 6.07) is 14.3. The molecule has 0 radical (unpaired) electrons. The Kier molecular flexibility index (Phi) is 3.49. The van der Waals surface area contributed by atoms with Crippen molar-refractivity contribution in [2.75, 3.05) is 6.61 Å². The van der Waals surface area contributed by atoms with Crippen LogP contribution in [0.1, 0.15) is 40.7 Å². The Bertz CT molecular complexity index is 598. The van der Waals surface area contributed by atoms with Gasteiger partial charge in [-0.05, 0) is 31.9 Å². The SMILES string of the molecule is Cc1cc(C)cc(C(O)C2CCOc3ccccc32)c1. The Morgan fingerprint density at radius 2 is 1.80 bits per heavy atom. The van der Waals surface area contributed by atoms with Crippen LogP contribution in [0, 0.1) is 13.8 Å². The highest BCUT2D eigenvalue weighted by Crippen LogP contribution is 2.41. The van der Waals surface area contributed by atoms with Crippen molar-refractivity contribution in [1.29, 1.82) is 0 Å². The summed E-state index contributed by atoms with van der Waals surface area (Å²) in [6.45, 7) is 4.81. The molecule has 1 aliphatic rings. The van der Waals surface area contributed by atoms with Crippen molar-refractivity contribution in [2.45, 2.75) is 32.3 Å². The Morgan fingerprint density at radius 1 is 1.10 bits per heavy atom. The molecule has 0 amide bonds. The zero-order valence-corrected chi connectivity index (χ0v) is 12.0. The summed E-state index contributed by atoms with van der Waals surface area (Å²) in [4.78, 5) is 0. The number of hydrogen-bond acceptors (Lipinski definition) is 2. The second-order valence-electron chi connectivity index (χ2n) is 5.65. The summed E-state index contributed by atoms with van der Waals surface area (Å²) in [5, 5.41) is 10.8. The van der Waals surface area contributed by atoms with Gasteiger partial charge in [0.25, 0.3) is 0 Å². The van der Waals surface area contributed by atoms with Gasteiger partial charge >= 0.3 is 0 Å². The number of aliphatic hydroxyl groups excluding tert-OH is 1. The largest absolute Gasteiger partial charge is 0.493 e. The van der Waals surface area contributed by atoms with Crippen molar-refractivity contribution in [2.24, 2.45) is 0 Å². The van der Waals surface area contributed by atoms with Crippen molar-refractivity contribution in [1.82, 2.24) is 0 Å². The minimum absolute atomic E-state index is 0.112. The van der Waals surface area contributed by atoms with Crippen molar-refractivity contribution < 1.29 is 9.84 Å². The predicted molar refractivity (Wildman–Crippen MR) is 80.2 cm³/mol. The fourth-order valence-electron chi connectivity index (χ4n) is 3.11. The third kappa shape index (κ3) is 2.44. The standard InChI is InChI=1S/C18H20O2/c1-12-9-13(2)11-14(10-12)18(19)16-7-8-20-17-6-4-3-5-15(16)17/h3-6,9-11,16,18-19H,7-8H2,1-2H3. The molecule has 2 aromatic rings. The topological polar surface area (TPSA) is 29.5 Å². The highest BCUT2D eigenvalue weighted by Gasteiger charge is 2.28. The van der Waals surface area contributed by atoms with Gasteiger partial charge in [0, 0.05) is 11.5 Å². The number of ether oxygens (including phenoxy) is 1. The van der Waals surface area contributed by atoms with Gasteiger partial charge in [-0.1, -0.05) is 47.5 Å². The van der Waals surface area contributed by atoms with Crippen LogP contribution in [0.25, 0.3) is 0 Å². The molecule has 0 saturated carbocycles. The fraction of sp³-hybridized carbons (Fsp3) is 0.333. The van der Waals surface area contributed by atoms with Crippen molar-refractivity contribution >= 4 is 0 Å². The smallest absolute Gasteiger partial charge is 0.122 e. The van der Waals surface area contributed by atoms with E-state index in [1.165, 1.54) is 11.1 Å². The van der Waals surface area contributed by atoms with E-state index in [4.69, 9.17) is 4.74 Å². The molecule has 2 atom stereocenters. The van der Waals surface area contributed by atoms with E-state index < -0.39 is 6.10 Å². The molecule has 0 aromatic heterocycles. The first-order chi connectivity index (χ1) is 9.65. The first-order valence-corrected chi connectivity index (χ1v) is 7.13. The van der Waals surface area contributed by atoms with Gasteiger partial charge in [0.1, 0.15) is 5.75 Å².